The van der Waals surface area contributed by atoms with E-state index in [4.69, 9.17) is 4.42 Å². The number of rotatable bonds is 4. The Labute approximate surface area is 272 Å². The second kappa shape index (κ2) is 10.3. The number of benzene rings is 5. The molecule has 47 heavy (non-hydrogen) atoms. The Kier molecular flexibility index (Phi) is 6.00. The van der Waals surface area contributed by atoms with Gasteiger partial charge in [0.1, 0.15) is 46.1 Å². The predicted octanol–water partition coefficient (Wildman–Crippen LogP) is 9.55. The van der Waals surface area contributed by atoms with Crippen LogP contribution in [0.15, 0.2) is 138 Å². The molecule has 226 valence electrons. The lowest BCUT2D eigenvalue weighted by Crippen LogP contribution is -2.37. The Morgan fingerprint density at radius 3 is 2.26 bits per heavy atom. The third-order valence-corrected chi connectivity index (χ3v) is 9.82. The highest BCUT2D eigenvalue weighted by atomic mass is 16.3. The Bertz CT molecular complexity index is 2680. The molecule has 0 aliphatic rings. The second-order valence-corrected chi connectivity index (χ2v) is 12.5. The molecule has 5 heteroatoms. The molecule has 4 heterocycles. The molecule has 0 amide bonds. The quantitative estimate of drug-likeness (QED) is 0.147. The van der Waals surface area contributed by atoms with Gasteiger partial charge in [-0.3, -0.25) is 0 Å². The topological polar surface area (TPSA) is 28.6 Å². The van der Waals surface area contributed by atoms with E-state index >= 15 is 0 Å². The number of fused-ring (bicyclic) bond motifs is 9. The standard InChI is InChI=1S/C42H34N4O/c1-27-21-22-33-31-16-9-11-19-37(31)47-41(33)39(27)36-18-12-20-38(44(36)4)46(29-13-6-5-7-14-29)34-24-23-32-30-15-8-10-17-35(30)45-26-25-43(3)42(45)40(32)28(34)2/h5-26H,1-4H3/q+2. The van der Waals surface area contributed by atoms with Crippen LogP contribution >= 0.6 is 0 Å². The lowest BCUT2D eigenvalue weighted by Gasteiger charge is -2.22. The first kappa shape index (κ1) is 27.4. The number of nitrogens with zero attached hydrogens (tertiary/aromatic N) is 4. The predicted molar refractivity (Wildman–Crippen MR) is 192 cm³/mol. The fourth-order valence-corrected chi connectivity index (χ4v) is 7.56. The van der Waals surface area contributed by atoms with Gasteiger partial charge in [-0.05, 0) is 67.9 Å². The first-order valence-corrected chi connectivity index (χ1v) is 16.1. The molecule has 0 unspecified atom stereocenters. The minimum atomic E-state index is 0.906. The van der Waals surface area contributed by atoms with Crippen LogP contribution in [0, 0.1) is 13.8 Å². The van der Waals surface area contributed by atoms with Crippen molar-refractivity contribution in [2.45, 2.75) is 13.8 Å². The summed E-state index contributed by atoms with van der Waals surface area (Å²) in [4.78, 5) is 2.39. The van der Waals surface area contributed by atoms with Gasteiger partial charge in [0.25, 0.3) is 11.5 Å². The maximum Gasteiger partial charge on any atom is 0.294 e. The van der Waals surface area contributed by atoms with Crippen LogP contribution in [0.4, 0.5) is 17.2 Å². The summed E-state index contributed by atoms with van der Waals surface area (Å²) in [6, 6.07) is 43.2. The number of pyridine rings is 2. The summed E-state index contributed by atoms with van der Waals surface area (Å²) in [5.74, 6) is 1.06. The smallest absolute Gasteiger partial charge is 0.294 e. The van der Waals surface area contributed by atoms with Gasteiger partial charge in [0.05, 0.1) is 25.0 Å². The summed E-state index contributed by atoms with van der Waals surface area (Å²) >= 11 is 0. The van der Waals surface area contributed by atoms with Gasteiger partial charge in [0.2, 0.25) is 0 Å². The lowest BCUT2D eigenvalue weighted by atomic mass is 9.99. The highest BCUT2D eigenvalue weighted by molar-refractivity contribution is 6.14. The summed E-state index contributed by atoms with van der Waals surface area (Å²) in [5.41, 5.74) is 11.0. The molecule has 0 aliphatic carbocycles. The highest BCUT2D eigenvalue weighted by Gasteiger charge is 2.30. The molecule has 0 saturated carbocycles. The van der Waals surface area contributed by atoms with Crippen molar-refractivity contribution < 1.29 is 13.6 Å². The Morgan fingerprint density at radius 2 is 1.40 bits per heavy atom. The third kappa shape index (κ3) is 3.96. The van der Waals surface area contributed by atoms with E-state index in [0.29, 0.717) is 0 Å². The molecule has 0 fully saturated rings. The zero-order chi connectivity index (χ0) is 31.8. The normalized spacial score (nSPS) is 11.8. The number of aryl methyl sites for hydroxylation is 3. The van der Waals surface area contributed by atoms with Crippen LogP contribution < -0.4 is 14.0 Å². The zero-order valence-corrected chi connectivity index (χ0v) is 26.9. The van der Waals surface area contributed by atoms with Crippen molar-refractivity contribution in [3.63, 3.8) is 0 Å². The minimum Gasteiger partial charge on any atom is -0.455 e. The van der Waals surface area contributed by atoms with Crippen LogP contribution in [-0.2, 0) is 14.1 Å². The van der Waals surface area contributed by atoms with Crippen molar-refractivity contribution in [1.29, 1.82) is 0 Å². The van der Waals surface area contributed by atoms with Crippen molar-refractivity contribution in [3.05, 3.63) is 145 Å². The molecule has 0 aliphatic heterocycles. The number of hydrogen-bond acceptors (Lipinski definition) is 2. The molecule has 0 saturated heterocycles. The van der Waals surface area contributed by atoms with Crippen molar-refractivity contribution in [1.82, 2.24) is 4.40 Å². The van der Waals surface area contributed by atoms with Crippen LogP contribution in [0.2, 0.25) is 0 Å². The van der Waals surface area contributed by atoms with E-state index in [9.17, 15) is 0 Å². The lowest BCUT2D eigenvalue weighted by molar-refractivity contribution is -0.647. The van der Waals surface area contributed by atoms with Crippen LogP contribution in [0.25, 0.3) is 60.5 Å². The maximum atomic E-state index is 6.56. The van der Waals surface area contributed by atoms with Gasteiger partial charge in [-0.1, -0.05) is 66.7 Å². The molecular weight excluding hydrogens is 576 g/mol. The van der Waals surface area contributed by atoms with Crippen molar-refractivity contribution in [3.8, 4) is 11.3 Å². The summed E-state index contributed by atoms with van der Waals surface area (Å²) in [6.07, 6.45) is 4.31. The average Bonchev–Trinajstić information content (AvgIpc) is 3.68. The van der Waals surface area contributed by atoms with Gasteiger partial charge in [-0.25, -0.2) is 9.13 Å². The first-order valence-electron chi connectivity index (χ1n) is 16.1. The van der Waals surface area contributed by atoms with Gasteiger partial charge >= 0.3 is 0 Å². The zero-order valence-electron chi connectivity index (χ0n) is 26.9. The van der Waals surface area contributed by atoms with Gasteiger partial charge in [-0.2, -0.15) is 9.30 Å². The van der Waals surface area contributed by atoms with Gasteiger partial charge < -0.3 is 4.42 Å². The van der Waals surface area contributed by atoms with Crippen molar-refractivity contribution >= 4 is 66.5 Å². The molecule has 0 N–H and O–H groups in total. The molecule has 5 nitrogen and oxygen atoms in total. The van der Waals surface area contributed by atoms with Crippen LogP contribution in [0.5, 0.6) is 0 Å². The number of hydrogen-bond donors (Lipinski definition) is 0. The molecule has 0 bridgehead atoms. The molecular formula is C42H34N4O+2. The summed E-state index contributed by atoms with van der Waals surface area (Å²) in [5, 5.41) is 6.01. The van der Waals surface area contributed by atoms with Gasteiger partial charge in [-0.15, -0.1) is 0 Å². The van der Waals surface area contributed by atoms with Gasteiger partial charge in [0, 0.05) is 33.2 Å². The average molecular weight is 611 g/mol. The maximum absolute atomic E-state index is 6.56. The van der Waals surface area contributed by atoms with E-state index in [1.165, 1.54) is 38.4 Å². The van der Waals surface area contributed by atoms with E-state index < -0.39 is 0 Å². The molecule has 5 aromatic carbocycles. The summed E-state index contributed by atoms with van der Waals surface area (Å²) < 4.78 is 13.4. The number of imidazole rings is 1. The molecule has 4 aromatic heterocycles. The SMILES string of the molecule is Cc1ccc2c(oc3ccccc32)c1-c1cccc(N(c2ccccc2)c2ccc3c4ccccc4n4cc[n+](C)c4c3c2C)[n+]1C. The largest absolute Gasteiger partial charge is 0.455 e. The molecule has 0 atom stereocenters. The monoisotopic (exact) mass is 610 g/mol. The summed E-state index contributed by atoms with van der Waals surface area (Å²) in [6.45, 7) is 4.43. The summed E-state index contributed by atoms with van der Waals surface area (Å²) in [7, 11) is 4.30. The molecule has 0 radical (unpaired) electrons. The highest BCUT2D eigenvalue weighted by Crippen LogP contribution is 2.42. The van der Waals surface area contributed by atoms with Gasteiger partial charge in [0.15, 0.2) is 0 Å². The number of aromatic nitrogens is 3. The van der Waals surface area contributed by atoms with E-state index in [0.717, 1.165) is 50.4 Å². The van der Waals surface area contributed by atoms with Crippen LogP contribution in [-0.4, -0.2) is 4.40 Å². The molecule has 0 spiro atoms. The van der Waals surface area contributed by atoms with Crippen molar-refractivity contribution in [2.24, 2.45) is 14.1 Å². The fourth-order valence-electron chi connectivity index (χ4n) is 7.56. The minimum absolute atomic E-state index is 0.906. The first-order chi connectivity index (χ1) is 23.0. The second-order valence-electron chi connectivity index (χ2n) is 12.5. The van der Waals surface area contributed by atoms with E-state index in [2.05, 4.69) is 174 Å². The number of anilines is 3. The van der Waals surface area contributed by atoms with Crippen LogP contribution in [0.1, 0.15) is 11.1 Å². The van der Waals surface area contributed by atoms with E-state index in [1.807, 2.05) is 6.07 Å². The Morgan fingerprint density at radius 1 is 0.660 bits per heavy atom. The molecule has 9 rings (SSSR count). The number of para-hydroxylation sites is 3. The van der Waals surface area contributed by atoms with Crippen LogP contribution in [0.3, 0.4) is 0 Å². The van der Waals surface area contributed by atoms with E-state index in [-0.39, 0.29) is 0 Å². The Balaban J connectivity index is 1.33. The van der Waals surface area contributed by atoms with E-state index in [1.54, 1.807) is 0 Å². The third-order valence-electron chi connectivity index (χ3n) is 9.82. The molecule has 9 aromatic rings. The fraction of sp³-hybridized carbons (Fsp3) is 0.0952. The number of furan rings is 1. The van der Waals surface area contributed by atoms with Crippen molar-refractivity contribution in [2.75, 3.05) is 4.90 Å². The Hall–Kier alpha value is -5.94.